The Morgan fingerprint density at radius 3 is 2.70 bits per heavy atom. The number of aliphatic imine (C=N–C) groups is 1. The summed E-state index contributed by atoms with van der Waals surface area (Å²) in [7, 11) is 1.83. The molecule has 1 fully saturated rings. The minimum absolute atomic E-state index is 0.836. The quantitative estimate of drug-likeness (QED) is 0.624. The van der Waals surface area contributed by atoms with Gasteiger partial charge in [-0.3, -0.25) is 4.99 Å². The Labute approximate surface area is 140 Å². The molecule has 0 radical (unpaired) electrons. The maximum atomic E-state index is 5.20. The highest BCUT2D eigenvalue weighted by atomic mass is 16.5. The average molecular weight is 320 g/mol. The van der Waals surface area contributed by atoms with E-state index in [1.807, 2.05) is 20.9 Å². The second kappa shape index (κ2) is 8.94. The Hall–Kier alpha value is -1.52. The molecule has 2 atom stereocenters. The van der Waals surface area contributed by atoms with Crippen molar-refractivity contribution in [3.8, 4) is 0 Å². The molecule has 1 aromatic rings. The molecule has 1 aliphatic carbocycles. The first-order valence-corrected chi connectivity index (χ1v) is 8.96. The van der Waals surface area contributed by atoms with Crippen LogP contribution in [0.3, 0.4) is 0 Å². The van der Waals surface area contributed by atoms with E-state index in [2.05, 4.69) is 27.7 Å². The third kappa shape index (κ3) is 5.56. The molecule has 2 N–H and O–H groups in total. The second-order valence-electron chi connectivity index (χ2n) is 6.90. The molecule has 1 heterocycles. The Kier molecular flexibility index (Phi) is 6.93. The van der Waals surface area contributed by atoms with E-state index < -0.39 is 0 Å². The summed E-state index contributed by atoms with van der Waals surface area (Å²) >= 11 is 0. The summed E-state index contributed by atoms with van der Waals surface area (Å²) in [6.07, 6.45) is 7.74. The molecular formula is C18H32N4O. The normalized spacial score (nSPS) is 22.2. The molecule has 2 rings (SSSR count). The molecule has 0 saturated heterocycles. The molecule has 1 saturated carbocycles. The van der Waals surface area contributed by atoms with Crippen LogP contribution in [0.2, 0.25) is 0 Å². The van der Waals surface area contributed by atoms with Gasteiger partial charge in [-0.1, -0.05) is 31.3 Å². The molecule has 23 heavy (non-hydrogen) atoms. The molecule has 130 valence electrons. The summed E-state index contributed by atoms with van der Waals surface area (Å²) < 4.78 is 5.20. The Morgan fingerprint density at radius 1 is 1.26 bits per heavy atom. The minimum atomic E-state index is 0.836. The van der Waals surface area contributed by atoms with E-state index in [9.17, 15) is 0 Å². The smallest absolute Gasteiger partial charge is 0.190 e. The van der Waals surface area contributed by atoms with Gasteiger partial charge in [0.2, 0.25) is 0 Å². The maximum Gasteiger partial charge on any atom is 0.190 e. The number of hydrogen-bond acceptors (Lipinski definition) is 3. The first-order chi connectivity index (χ1) is 11.1. The summed E-state index contributed by atoms with van der Waals surface area (Å²) in [6.45, 7) is 8.18. The fraction of sp³-hybridized carbons (Fsp3) is 0.778. The van der Waals surface area contributed by atoms with Crippen molar-refractivity contribution in [3.63, 3.8) is 0 Å². The minimum Gasteiger partial charge on any atom is -0.361 e. The third-order valence-electron chi connectivity index (χ3n) is 4.96. The van der Waals surface area contributed by atoms with Crippen molar-refractivity contribution < 1.29 is 4.52 Å². The lowest BCUT2D eigenvalue weighted by atomic mass is 9.81. The van der Waals surface area contributed by atoms with Gasteiger partial charge in [-0.25, -0.2) is 0 Å². The van der Waals surface area contributed by atoms with Gasteiger partial charge in [-0.2, -0.15) is 0 Å². The van der Waals surface area contributed by atoms with E-state index in [4.69, 9.17) is 4.52 Å². The molecule has 0 amide bonds. The van der Waals surface area contributed by atoms with Gasteiger partial charge in [0.15, 0.2) is 5.96 Å². The van der Waals surface area contributed by atoms with Gasteiger partial charge in [-0.05, 0) is 44.9 Å². The largest absolute Gasteiger partial charge is 0.361 e. The van der Waals surface area contributed by atoms with E-state index in [1.165, 1.54) is 37.7 Å². The molecule has 0 aliphatic heterocycles. The molecule has 0 aromatic carbocycles. The van der Waals surface area contributed by atoms with Crippen LogP contribution in [0.25, 0.3) is 0 Å². The van der Waals surface area contributed by atoms with Crippen LogP contribution in [0.15, 0.2) is 9.52 Å². The van der Waals surface area contributed by atoms with E-state index >= 15 is 0 Å². The van der Waals surface area contributed by atoms with Crippen LogP contribution in [0, 0.1) is 25.7 Å². The molecular weight excluding hydrogens is 288 g/mol. The van der Waals surface area contributed by atoms with Gasteiger partial charge in [0, 0.05) is 25.7 Å². The van der Waals surface area contributed by atoms with Crippen molar-refractivity contribution >= 4 is 5.96 Å². The van der Waals surface area contributed by atoms with Crippen molar-refractivity contribution in [3.05, 3.63) is 17.0 Å². The summed E-state index contributed by atoms with van der Waals surface area (Å²) in [6, 6.07) is 0. The Balaban J connectivity index is 1.65. The summed E-state index contributed by atoms with van der Waals surface area (Å²) in [5.41, 5.74) is 2.18. The first-order valence-electron chi connectivity index (χ1n) is 8.96. The SMILES string of the molecule is CN=C(NCCc1c(C)noc1C)NCCC1CCCC(C)C1. The number of hydrogen-bond donors (Lipinski definition) is 2. The summed E-state index contributed by atoms with van der Waals surface area (Å²) in [5.74, 6) is 3.59. The lowest BCUT2D eigenvalue weighted by Gasteiger charge is -2.26. The topological polar surface area (TPSA) is 62.5 Å². The van der Waals surface area contributed by atoms with Crippen molar-refractivity contribution in [2.45, 2.75) is 59.3 Å². The number of aromatic nitrogens is 1. The fourth-order valence-electron chi connectivity index (χ4n) is 3.60. The van der Waals surface area contributed by atoms with Gasteiger partial charge in [0.1, 0.15) is 5.76 Å². The predicted octanol–water partition coefficient (Wildman–Crippen LogP) is 3.22. The number of nitrogens with one attached hydrogen (secondary N) is 2. The zero-order valence-electron chi connectivity index (χ0n) is 15.1. The van der Waals surface area contributed by atoms with Crippen LogP contribution in [0.5, 0.6) is 0 Å². The lowest BCUT2D eigenvalue weighted by molar-refractivity contribution is 0.270. The van der Waals surface area contributed by atoms with Gasteiger partial charge in [0.05, 0.1) is 5.69 Å². The molecule has 0 spiro atoms. The molecule has 5 heteroatoms. The van der Waals surface area contributed by atoms with Crippen LogP contribution in [0.1, 0.15) is 56.0 Å². The fourth-order valence-corrected chi connectivity index (χ4v) is 3.60. The third-order valence-corrected chi connectivity index (χ3v) is 4.96. The van der Waals surface area contributed by atoms with E-state index in [0.29, 0.717) is 0 Å². The van der Waals surface area contributed by atoms with E-state index in [-0.39, 0.29) is 0 Å². The van der Waals surface area contributed by atoms with E-state index in [0.717, 1.165) is 48.8 Å². The molecule has 5 nitrogen and oxygen atoms in total. The van der Waals surface area contributed by atoms with Gasteiger partial charge >= 0.3 is 0 Å². The zero-order chi connectivity index (χ0) is 16.7. The maximum absolute atomic E-state index is 5.20. The zero-order valence-corrected chi connectivity index (χ0v) is 15.1. The van der Waals surface area contributed by atoms with Crippen LogP contribution in [-0.2, 0) is 6.42 Å². The van der Waals surface area contributed by atoms with Crippen molar-refractivity contribution in [1.82, 2.24) is 15.8 Å². The van der Waals surface area contributed by atoms with Gasteiger partial charge in [0.25, 0.3) is 0 Å². The van der Waals surface area contributed by atoms with Crippen LogP contribution in [-0.4, -0.2) is 31.3 Å². The summed E-state index contributed by atoms with van der Waals surface area (Å²) in [4.78, 5) is 4.30. The number of guanidine groups is 1. The van der Waals surface area contributed by atoms with E-state index in [1.54, 1.807) is 0 Å². The highest BCUT2D eigenvalue weighted by Crippen LogP contribution is 2.30. The summed E-state index contributed by atoms with van der Waals surface area (Å²) in [5, 5.41) is 10.8. The monoisotopic (exact) mass is 320 g/mol. The molecule has 2 unspecified atom stereocenters. The highest BCUT2D eigenvalue weighted by Gasteiger charge is 2.18. The highest BCUT2D eigenvalue weighted by molar-refractivity contribution is 5.79. The lowest BCUT2D eigenvalue weighted by Crippen LogP contribution is -2.39. The van der Waals surface area contributed by atoms with Gasteiger partial charge in [-0.15, -0.1) is 0 Å². The van der Waals surface area contributed by atoms with Crippen LogP contribution >= 0.6 is 0 Å². The van der Waals surface area contributed by atoms with Crippen molar-refractivity contribution in [2.24, 2.45) is 16.8 Å². The first kappa shape index (κ1) is 17.8. The van der Waals surface area contributed by atoms with Crippen LogP contribution < -0.4 is 10.6 Å². The van der Waals surface area contributed by atoms with Crippen molar-refractivity contribution in [1.29, 1.82) is 0 Å². The number of rotatable bonds is 6. The Bertz CT molecular complexity index is 490. The van der Waals surface area contributed by atoms with Crippen LogP contribution in [0.4, 0.5) is 0 Å². The predicted molar refractivity (Wildman–Crippen MR) is 94.8 cm³/mol. The molecule has 1 aliphatic rings. The standard InChI is InChI=1S/C18H32N4O/c1-13-6-5-7-16(12-13)8-10-20-18(19-4)21-11-9-17-14(2)22-23-15(17)3/h13,16H,5-12H2,1-4H3,(H2,19,20,21). The second-order valence-corrected chi connectivity index (χ2v) is 6.90. The molecule has 0 bridgehead atoms. The molecule has 1 aromatic heterocycles. The van der Waals surface area contributed by atoms with Gasteiger partial charge < -0.3 is 15.2 Å². The number of aryl methyl sites for hydroxylation is 2. The van der Waals surface area contributed by atoms with Crippen molar-refractivity contribution in [2.75, 3.05) is 20.1 Å². The number of nitrogens with zero attached hydrogens (tertiary/aromatic N) is 2. The Morgan fingerprint density at radius 2 is 2.04 bits per heavy atom. The average Bonchev–Trinajstić information content (AvgIpc) is 2.85.